The molecule has 0 saturated heterocycles. The van der Waals surface area contributed by atoms with E-state index in [1.54, 1.807) is 12.4 Å². The van der Waals surface area contributed by atoms with Gasteiger partial charge >= 0.3 is 0 Å². The summed E-state index contributed by atoms with van der Waals surface area (Å²) in [6.07, 6.45) is 8.10. The minimum absolute atomic E-state index is 0.0382. The summed E-state index contributed by atoms with van der Waals surface area (Å²) in [5.41, 5.74) is 0.525. The number of Topliss-reactive ketones (excluding diaryl/α,β-unsaturated/α-hetero) is 1. The summed E-state index contributed by atoms with van der Waals surface area (Å²) in [7, 11) is 0. The number of amides is 1. The number of rotatable bonds is 0. The SMILES string of the molecule is O=C1CCC2(CC1)CC1(C2)C(=O)Nc2nccnc21. The number of fused-ring (bicyclic) bond motifs is 2. The molecule has 0 unspecified atom stereocenters. The first kappa shape index (κ1) is 11.1. The van der Waals surface area contributed by atoms with E-state index in [1.807, 2.05) is 0 Å². The molecule has 4 rings (SSSR count). The molecule has 0 bridgehead atoms. The zero-order valence-electron chi connectivity index (χ0n) is 10.6. The second kappa shape index (κ2) is 3.40. The van der Waals surface area contributed by atoms with Crippen LogP contribution in [0.5, 0.6) is 0 Å². The minimum atomic E-state index is -0.468. The number of aromatic nitrogens is 2. The molecule has 2 fully saturated rings. The third kappa shape index (κ3) is 1.35. The van der Waals surface area contributed by atoms with Crippen molar-refractivity contribution in [1.29, 1.82) is 0 Å². The van der Waals surface area contributed by atoms with E-state index in [4.69, 9.17) is 0 Å². The van der Waals surface area contributed by atoms with Crippen molar-refractivity contribution in [3.8, 4) is 0 Å². The zero-order valence-corrected chi connectivity index (χ0v) is 10.6. The van der Waals surface area contributed by atoms with E-state index >= 15 is 0 Å². The molecule has 0 aromatic carbocycles. The van der Waals surface area contributed by atoms with Gasteiger partial charge in [-0.05, 0) is 31.1 Å². The Balaban J connectivity index is 1.65. The van der Waals surface area contributed by atoms with E-state index in [1.165, 1.54) is 0 Å². The van der Waals surface area contributed by atoms with Crippen molar-refractivity contribution in [2.45, 2.75) is 43.9 Å². The predicted molar refractivity (Wildman–Crippen MR) is 67.5 cm³/mol. The van der Waals surface area contributed by atoms with Crippen LogP contribution in [0, 0.1) is 5.41 Å². The maximum Gasteiger partial charge on any atom is 0.238 e. The molecule has 2 saturated carbocycles. The first-order valence-corrected chi connectivity index (χ1v) is 6.78. The fraction of sp³-hybridized carbons (Fsp3) is 0.571. The maximum atomic E-state index is 12.3. The molecule has 1 aromatic heterocycles. The lowest BCUT2D eigenvalue weighted by Gasteiger charge is -2.54. The Bertz CT molecular complexity index is 578. The average Bonchev–Trinajstić information content (AvgIpc) is 2.65. The van der Waals surface area contributed by atoms with Gasteiger partial charge in [-0.15, -0.1) is 0 Å². The van der Waals surface area contributed by atoms with Gasteiger partial charge in [0, 0.05) is 25.2 Å². The monoisotopic (exact) mass is 257 g/mol. The number of carbonyl (C=O) groups is 2. The molecule has 0 atom stereocenters. The van der Waals surface area contributed by atoms with Gasteiger partial charge in [0.05, 0.1) is 11.1 Å². The molecule has 5 nitrogen and oxygen atoms in total. The first-order chi connectivity index (χ1) is 9.14. The van der Waals surface area contributed by atoms with Gasteiger partial charge in [0.15, 0.2) is 5.82 Å². The highest BCUT2D eigenvalue weighted by Gasteiger charge is 2.63. The number of carbonyl (C=O) groups excluding carboxylic acids is 2. The van der Waals surface area contributed by atoms with Crippen molar-refractivity contribution in [2.75, 3.05) is 5.32 Å². The molecule has 1 aromatic rings. The van der Waals surface area contributed by atoms with Crippen molar-refractivity contribution in [3.63, 3.8) is 0 Å². The van der Waals surface area contributed by atoms with E-state index in [0.29, 0.717) is 24.4 Å². The average molecular weight is 257 g/mol. The van der Waals surface area contributed by atoms with Gasteiger partial charge in [0.1, 0.15) is 5.78 Å². The van der Waals surface area contributed by atoms with Gasteiger partial charge in [-0.2, -0.15) is 0 Å². The summed E-state index contributed by atoms with van der Waals surface area (Å²) in [5, 5.41) is 2.84. The van der Waals surface area contributed by atoms with Crippen LogP contribution < -0.4 is 5.32 Å². The van der Waals surface area contributed by atoms with Crippen LogP contribution in [0.1, 0.15) is 44.2 Å². The van der Waals surface area contributed by atoms with Crippen molar-refractivity contribution < 1.29 is 9.59 Å². The Labute approximate surface area is 110 Å². The molecule has 5 heteroatoms. The maximum absolute atomic E-state index is 12.3. The standard InChI is InChI=1S/C14H15N3O2/c18-9-1-3-13(4-2-9)7-14(8-13)10-11(17-12(14)19)16-6-5-15-10/h5-6H,1-4,7-8H2,(H,16,17,19). The highest BCUT2D eigenvalue weighted by Crippen LogP contribution is 2.63. The summed E-state index contributed by atoms with van der Waals surface area (Å²) < 4.78 is 0. The van der Waals surface area contributed by atoms with Crippen molar-refractivity contribution in [1.82, 2.24) is 9.97 Å². The highest BCUT2D eigenvalue weighted by atomic mass is 16.2. The Kier molecular flexibility index (Phi) is 1.99. The molecule has 1 N–H and O–H groups in total. The zero-order chi connectivity index (χ0) is 13.1. The molecule has 98 valence electrons. The Morgan fingerprint density at radius 3 is 2.47 bits per heavy atom. The normalized spacial score (nSPS) is 26.1. The highest BCUT2D eigenvalue weighted by molar-refractivity contribution is 6.05. The van der Waals surface area contributed by atoms with Crippen LogP contribution in [-0.4, -0.2) is 21.7 Å². The lowest BCUT2D eigenvalue weighted by atomic mass is 9.47. The van der Waals surface area contributed by atoms with E-state index in [-0.39, 0.29) is 11.3 Å². The van der Waals surface area contributed by atoms with Crippen LogP contribution in [-0.2, 0) is 15.0 Å². The molecule has 2 spiro atoms. The molecule has 0 radical (unpaired) electrons. The van der Waals surface area contributed by atoms with Crippen LogP contribution in [0.3, 0.4) is 0 Å². The van der Waals surface area contributed by atoms with Gasteiger partial charge in [0.25, 0.3) is 0 Å². The molecule has 19 heavy (non-hydrogen) atoms. The number of anilines is 1. The fourth-order valence-corrected chi connectivity index (χ4v) is 4.08. The largest absolute Gasteiger partial charge is 0.308 e. The third-order valence-corrected chi connectivity index (χ3v) is 5.04. The van der Waals surface area contributed by atoms with Gasteiger partial charge in [-0.1, -0.05) is 0 Å². The Morgan fingerprint density at radius 1 is 1.05 bits per heavy atom. The molecule has 1 aliphatic heterocycles. The number of nitrogens with zero attached hydrogens (tertiary/aromatic N) is 2. The number of hydrogen-bond acceptors (Lipinski definition) is 4. The molecule has 1 amide bonds. The number of hydrogen-bond donors (Lipinski definition) is 1. The van der Waals surface area contributed by atoms with Crippen molar-refractivity contribution in [2.24, 2.45) is 5.41 Å². The van der Waals surface area contributed by atoms with Crippen LogP contribution >= 0.6 is 0 Å². The molecule has 2 heterocycles. The topological polar surface area (TPSA) is 72.0 Å². The fourth-order valence-electron chi connectivity index (χ4n) is 4.08. The van der Waals surface area contributed by atoms with E-state index in [9.17, 15) is 9.59 Å². The van der Waals surface area contributed by atoms with Crippen LogP contribution in [0.4, 0.5) is 5.82 Å². The lowest BCUT2D eigenvalue weighted by molar-refractivity contribution is -0.135. The van der Waals surface area contributed by atoms with E-state index in [0.717, 1.165) is 31.4 Å². The second-order valence-electron chi connectivity index (χ2n) is 6.18. The van der Waals surface area contributed by atoms with Gasteiger partial charge in [-0.3, -0.25) is 14.6 Å². The van der Waals surface area contributed by atoms with Gasteiger partial charge in [-0.25, -0.2) is 4.98 Å². The second-order valence-corrected chi connectivity index (χ2v) is 6.18. The van der Waals surface area contributed by atoms with Crippen molar-refractivity contribution >= 4 is 17.5 Å². The van der Waals surface area contributed by atoms with Crippen LogP contribution in [0.2, 0.25) is 0 Å². The summed E-state index contributed by atoms with van der Waals surface area (Å²) in [5.74, 6) is 1.02. The molecule has 2 aliphatic carbocycles. The molecule has 3 aliphatic rings. The van der Waals surface area contributed by atoms with E-state index in [2.05, 4.69) is 15.3 Å². The van der Waals surface area contributed by atoms with Gasteiger partial charge in [0.2, 0.25) is 5.91 Å². The van der Waals surface area contributed by atoms with Crippen molar-refractivity contribution in [3.05, 3.63) is 18.1 Å². The Morgan fingerprint density at radius 2 is 1.74 bits per heavy atom. The summed E-state index contributed by atoms with van der Waals surface area (Å²) >= 11 is 0. The summed E-state index contributed by atoms with van der Waals surface area (Å²) in [4.78, 5) is 32.2. The number of ketones is 1. The smallest absolute Gasteiger partial charge is 0.238 e. The third-order valence-electron chi connectivity index (χ3n) is 5.04. The lowest BCUT2D eigenvalue weighted by Crippen LogP contribution is -2.55. The quantitative estimate of drug-likeness (QED) is 0.766. The van der Waals surface area contributed by atoms with Crippen LogP contribution in [0.25, 0.3) is 0 Å². The van der Waals surface area contributed by atoms with Gasteiger partial charge < -0.3 is 5.32 Å². The van der Waals surface area contributed by atoms with Crippen LogP contribution in [0.15, 0.2) is 12.4 Å². The summed E-state index contributed by atoms with van der Waals surface area (Å²) in [6, 6.07) is 0. The van der Waals surface area contributed by atoms with E-state index < -0.39 is 5.41 Å². The number of nitrogens with one attached hydrogen (secondary N) is 1. The molecular weight excluding hydrogens is 242 g/mol. The predicted octanol–water partition coefficient (Wildman–Crippen LogP) is 1.59. The minimum Gasteiger partial charge on any atom is -0.308 e. The Hall–Kier alpha value is -1.78. The summed E-state index contributed by atoms with van der Waals surface area (Å²) in [6.45, 7) is 0. The molecular formula is C14H15N3O2. The first-order valence-electron chi connectivity index (χ1n) is 6.78.